The molecule has 2 aromatic rings. The Labute approximate surface area is 101 Å². The highest BCUT2D eigenvalue weighted by Crippen LogP contribution is 2.26. The van der Waals surface area contributed by atoms with Crippen LogP contribution in [0.3, 0.4) is 0 Å². The van der Waals surface area contributed by atoms with Gasteiger partial charge in [0, 0.05) is 23.5 Å². The summed E-state index contributed by atoms with van der Waals surface area (Å²) in [7, 11) is 0. The quantitative estimate of drug-likeness (QED) is 0.476. The molecule has 0 fully saturated rings. The van der Waals surface area contributed by atoms with E-state index in [-0.39, 0.29) is 17.2 Å². The molecule has 1 aromatic carbocycles. The van der Waals surface area contributed by atoms with Gasteiger partial charge in [-0.3, -0.25) is 19.5 Å². The first-order valence-electron chi connectivity index (χ1n) is 4.56. The van der Waals surface area contributed by atoms with Crippen molar-refractivity contribution in [3.63, 3.8) is 0 Å². The largest absolute Gasteiger partial charge is 0.294 e. The average molecular weight is 252 g/mol. The van der Waals surface area contributed by atoms with Crippen LogP contribution in [0.25, 0.3) is 5.69 Å². The van der Waals surface area contributed by atoms with Gasteiger partial charge < -0.3 is 0 Å². The lowest BCUT2D eigenvalue weighted by Crippen LogP contribution is -2.03. The van der Waals surface area contributed by atoms with Crippen molar-refractivity contribution >= 4 is 23.6 Å². The lowest BCUT2D eigenvalue weighted by Gasteiger charge is -2.05. The predicted molar refractivity (Wildman–Crippen MR) is 60.6 cm³/mol. The molecule has 0 spiro atoms. The highest BCUT2D eigenvalue weighted by atomic mass is 35.5. The number of benzene rings is 1. The Morgan fingerprint density at radius 2 is 2.24 bits per heavy atom. The summed E-state index contributed by atoms with van der Waals surface area (Å²) in [5.41, 5.74) is 0.0672. The molecule has 1 aromatic heterocycles. The summed E-state index contributed by atoms with van der Waals surface area (Å²) < 4.78 is 1.32. The van der Waals surface area contributed by atoms with Gasteiger partial charge >= 0.3 is 0 Å². The highest BCUT2D eigenvalue weighted by molar-refractivity contribution is 6.30. The van der Waals surface area contributed by atoms with Gasteiger partial charge in [-0.15, -0.1) is 0 Å². The second-order valence-electron chi connectivity index (χ2n) is 3.16. The van der Waals surface area contributed by atoms with E-state index in [0.29, 0.717) is 11.3 Å². The van der Waals surface area contributed by atoms with Crippen LogP contribution >= 0.6 is 11.6 Å². The lowest BCUT2D eigenvalue weighted by atomic mass is 10.2. The molecule has 2 rings (SSSR count). The van der Waals surface area contributed by atoms with Gasteiger partial charge in [0.15, 0.2) is 12.1 Å². The SMILES string of the molecule is O=Cc1nccn1-c1cc(Cl)ccc1[N+](=O)[O-]. The van der Waals surface area contributed by atoms with Gasteiger partial charge in [0.1, 0.15) is 5.69 Å². The van der Waals surface area contributed by atoms with Crippen LogP contribution in [0.4, 0.5) is 5.69 Å². The van der Waals surface area contributed by atoms with Gasteiger partial charge in [0.25, 0.3) is 5.69 Å². The minimum Gasteiger partial charge on any atom is -0.294 e. The van der Waals surface area contributed by atoms with Crippen molar-refractivity contribution < 1.29 is 9.72 Å². The minimum atomic E-state index is -0.541. The Bertz CT molecular complexity index is 594. The molecule has 6 nitrogen and oxygen atoms in total. The van der Waals surface area contributed by atoms with Crippen LogP contribution in [0, 0.1) is 10.1 Å². The van der Waals surface area contributed by atoms with E-state index in [9.17, 15) is 14.9 Å². The van der Waals surface area contributed by atoms with Gasteiger partial charge in [0.2, 0.25) is 0 Å². The number of halogens is 1. The fourth-order valence-electron chi connectivity index (χ4n) is 1.45. The fourth-order valence-corrected chi connectivity index (χ4v) is 1.62. The molecule has 86 valence electrons. The summed E-state index contributed by atoms with van der Waals surface area (Å²) in [6.45, 7) is 0. The van der Waals surface area contributed by atoms with Crippen molar-refractivity contribution in [2.45, 2.75) is 0 Å². The molecule has 17 heavy (non-hydrogen) atoms. The molecule has 0 amide bonds. The van der Waals surface area contributed by atoms with Gasteiger partial charge in [-0.2, -0.15) is 0 Å². The van der Waals surface area contributed by atoms with Gasteiger partial charge in [-0.25, -0.2) is 4.98 Å². The summed E-state index contributed by atoms with van der Waals surface area (Å²) in [4.78, 5) is 24.8. The maximum atomic E-state index is 10.9. The zero-order valence-corrected chi connectivity index (χ0v) is 9.16. The molecule has 0 aliphatic rings. The van der Waals surface area contributed by atoms with Crippen molar-refractivity contribution in [2.24, 2.45) is 0 Å². The van der Waals surface area contributed by atoms with E-state index in [1.807, 2.05) is 0 Å². The molecule has 0 unspecified atom stereocenters. The van der Waals surface area contributed by atoms with Crippen LogP contribution in [0.1, 0.15) is 10.6 Å². The molecule has 0 atom stereocenters. The van der Waals surface area contributed by atoms with Gasteiger partial charge in [0.05, 0.1) is 4.92 Å². The van der Waals surface area contributed by atoms with Crippen LogP contribution < -0.4 is 0 Å². The van der Waals surface area contributed by atoms with Gasteiger partial charge in [-0.05, 0) is 12.1 Å². The van der Waals surface area contributed by atoms with E-state index in [1.165, 1.54) is 35.2 Å². The second-order valence-corrected chi connectivity index (χ2v) is 3.60. The third kappa shape index (κ3) is 2.02. The first-order chi connectivity index (χ1) is 8.13. The summed E-state index contributed by atoms with van der Waals surface area (Å²) in [6, 6.07) is 4.11. The number of rotatable bonds is 3. The second kappa shape index (κ2) is 4.34. The highest BCUT2D eigenvalue weighted by Gasteiger charge is 2.17. The first-order valence-corrected chi connectivity index (χ1v) is 4.94. The Kier molecular flexibility index (Phi) is 2.88. The standard InChI is InChI=1S/C10H6ClN3O3/c11-7-1-2-8(14(16)17)9(5-7)13-4-3-12-10(13)6-15/h1-6H. The molecule has 0 saturated heterocycles. The molecule has 0 N–H and O–H groups in total. The number of hydrogen-bond donors (Lipinski definition) is 0. The molecule has 0 aliphatic carbocycles. The Balaban J connectivity index is 2.69. The van der Waals surface area contributed by atoms with Crippen molar-refractivity contribution in [2.75, 3.05) is 0 Å². The van der Waals surface area contributed by atoms with Crippen molar-refractivity contribution in [3.05, 3.63) is 51.6 Å². The number of nitrogens with zero attached hydrogens (tertiary/aromatic N) is 3. The zero-order valence-electron chi connectivity index (χ0n) is 8.41. The number of carbonyl (C=O) groups excluding carboxylic acids is 1. The first kappa shape index (κ1) is 11.3. The summed E-state index contributed by atoms with van der Waals surface area (Å²) >= 11 is 5.79. The predicted octanol–water partition coefficient (Wildman–Crippen LogP) is 2.25. The monoisotopic (exact) mass is 251 g/mol. The Morgan fingerprint density at radius 1 is 1.47 bits per heavy atom. The number of hydrogen-bond acceptors (Lipinski definition) is 4. The number of imidazole rings is 1. The molecule has 7 heteroatoms. The topological polar surface area (TPSA) is 78.0 Å². The lowest BCUT2D eigenvalue weighted by molar-refractivity contribution is -0.384. The summed E-state index contributed by atoms with van der Waals surface area (Å²) in [5.74, 6) is 0.0790. The van der Waals surface area contributed by atoms with E-state index >= 15 is 0 Å². The van der Waals surface area contributed by atoms with Crippen molar-refractivity contribution in [1.82, 2.24) is 9.55 Å². The minimum absolute atomic E-state index is 0.0790. The fraction of sp³-hybridized carbons (Fsp3) is 0. The van der Waals surface area contributed by atoms with Crippen LogP contribution in [0.5, 0.6) is 0 Å². The van der Waals surface area contributed by atoms with Crippen molar-refractivity contribution in [1.29, 1.82) is 0 Å². The summed E-state index contributed by atoms with van der Waals surface area (Å²) in [5, 5.41) is 11.2. The molecule has 0 radical (unpaired) electrons. The number of aldehydes is 1. The van der Waals surface area contributed by atoms with E-state index in [4.69, 9.17) is 11.6 Å². The van der Waals surface area contributed by atoms with Crippen molar-refractivity contribution in [3.8, 4) is 5.69 Å². The van der Waals surface area contributed by atoms with E-state index < -0.39 is 4.92 Å². The number of nitro groups is 1. The van der Waals surface area contributed by atoms with Crippen LogP contribution in [0.2, 0.25) is 5.02 Å². The normalized spacial score (nSPS) is 10.2. The van der Waals surface area contributed by atoms with E-state index in [2.05, 4.69) is 4.98 Å². The molecule has 0 bridgehead atoms. The van der Waals surface area contributed by atoms with E-state index in [1.54, 1.807) is 0 Å². The Hall–Kier alpha value is -2.21. The smallest absolute Gasteiger partial charge is 0.293 e. The van der Waals surface area contributed by atoms with Crippen LogP contribution in [0.15, 0.2) is 30.6 Å². The van der Waals surface area contributed by atoms with Gasteiger partial charge in [-0.1, -0.05) is 11.6 Å². The summed E-state index contributed by atoms with van der Waals surface area (Å²) in [6.07, 6.45) is 3.36. The molecule has 0 saturated carbocycles. The number of nitro benzene ring substituents is 1. The maximum Gasteiger partial charge on any atom is 0.293 e. The maximum absolute atomic E-state index is 10.9. The van der Waals surface area contributed by atoms with Crippen LogP contribution in [-0.4, -0.2) is 20.8 Å². The number of carbonyl (C=O) groups is 1. The van der Waals surface area contributed by atoms with Crippen LogP contribution in [-0.2, 0) is 0 Å². The molecular formula is C10H6ClN3O3. The molecule has 1 heterocycles. The molecule has 0 aliphatic heterocycles. The third-order valence-electron chi connectivity index (χ3n) is 2.17. The third-order valence-corrected chi connectivity index (χ3v) is 2.40. The average Bonchev–Trinajstić information content (AvgIpc) is 2.76. The van der Waals surface area contributed by atoms with E-state index in [0.717, 1.165) is 0 Å². The molecular weight excluding hydrogens is 246 g/mol. The zero-order chi connectivity index (χ0) is 12.4. The number of aromatic nitrogens is 2. The Morgan fingerprint density at radius 3 is 2.88 bits per heavy atom.